The molecule has 0 aliphatic carbocycles. The van der Waals surface area contributed by atoms with Gasteiger partial charge < -0.3 is 0 Å². The lowest BCUT2D eigenvalue weighted by Gasteiger charge is -2.18. The summed E-state index contributed by atoms with van der Waals surface area (Å²) < 4.78 is 0. The Balaban J connectivity index is 0.000000165. The number of benzene rings is 7. The van der Waals surface area contributed by atoms with E-state index in [1.165, 1.54) is 199 Å². The molecule has 0 saturated heterocycles. The molecule has 7 aromatic carbocycles. The number of aromatic nitrogens is 13. The summed E-state index contributed by atoms with van der Waals surface area (Å²) in [5, 5.41) is 8.91. The molecule has 0 bridgehead atoms. The van der Waals surface area contributed by atoms with Gasteiger partial charge in [-0.2, -0.15) is 0 Å². The van der Waals surface area contributed by atoms with Crippen LogP contribution in [-0.4, -0.2) is 64.8 Å². The summed E-state index contributed by atoms with van der Waals surface area (Å²) in [7, 11) is 0. The number of nitrogens with zero attached hydrogens (tertiary/aromatic N) is 13. The molecule has 7 heterocycles. The third kappa shape index (κ3) is 16.9. The van der Waals surface area contributed by atoms with Gasteiger partial charge in [0, 0.05) is 72.2 Å². The van der Waals surface area contributed by atoms with Crippen LogP contribution < -0.4 is 0 Å². The quantitative estimate of drug-likeness (QED) is 0.141. The first-order valence-corrected chi connectivity index (χ1v) is 40.1. The number of fused-ring (bicyclic) bond motifs is 7. The average Bonchev–Trinajstić information content (AvgIpc) is 0.704. The lowest BCUT2D eigenvalue weighted by Crippen LogP contribution is -2.01. The molecule has 14 aromatic rings. The third-order valence-corrected chi connectivity index (χ3v) is 26.1. The lowest BCUT2D eigenvalue weighted by atomic mass is 9.89. The molecule has 14 rings (SSSR count). The fourth-order valence-corrected chi connectivity index (χ4v) is 16.7. The SMILES string of the molecule is Cc1nc(C)c2c(C)c(C)c(C)c(C)c2c1C.Cc1nc(C)c2c(C)c(C)c(C)c(C)c2n1.Cc1nc(C)c2c(C)c(C)c(C)c(C)c2n1.Cc1nc(C)c2c(C)c(C)c(C)c(C)c2n1.Cc1nc(C)c2c(C)c(C)c(C)c(C)c2n1.Cc1nc(C)c2c(C)c(C)c(C)c(C)c2n1.Cc1nc2c(C)c(C)c(C)c(C)c2nc1C. The van der Waals surface area contributed by atoms with E-state index in [1.54, 1.807) is 0 Å². The molecular weight excluding hydrogens is 1380 g/mol. The zero-order valence-electron chi connectivity index (χ0n) is 77.3. The van der Waals surface area contributed by atoms with Crippen molar-refractivity contribution < 1.29 is 0 Å². The summed E-state index contributed by atoms with van der Waals surface area (Å²) in [4.78, 5) is 59.3. The topological polar surface area (TPSA) is 168 Å². The van der Waals surface area contributed by atoms with E-state index in [-0.39, 0.29) is 0 Å². The molecule has 0 atom stereocenters. The van der Waals surface area contributed by atoms with Crippen LogP contribution in [0, 0.1) is 298 Å². The smallest absolute Gasteiger partial charge is 0.126 e. The van der Waals surface area contributed by atoms with Crippen LogP contribution in [0.2, 0.25) is 0 Å². The van der Waals surface area contributed by atoms with E-state index < -0.39 is 0 Å². The van der Waals surface area contributed by atoms with Crippen molar-refractivity contribution in [2.75, 3.05) is 0 Å². The van der Waals surface area contributed by atoms with Crippen LogP contribution in [-0.2, 0) is 0 Å². The Kier molecular flexibility index (Phi) is 26.9. The van der Waals surface area contributed by atoms with Crippen molar-refractivity contribution in [2.45, 2.75) is 298 Å². The van der Waals surface area contributed by atoms with Crippen molar-refractivity contribution in [3.8, 4) is 0 Å². The molecule has 0 radical (unpaired) electrons. The highest BCUT2D eigenvalue weighted by Gasteiger charge is 2.21. The Hall–Kier alpha value is -10.0. The average molecular weight is 1510 g/mol. The number of pyridine rings is 1. The lowest BCUT2D eigenvalue weighted by molar-refractivity contribution is 1.04. The molecule has 0 saturated carbocycles. The monoisotopic (exact) mass is 1510 g/mol. The highest BCUT2D eigenvalue weighted by Crippen LogP contribution is 2.37. The van der Waals surface area contributed by atoms with E-state index in [1.807, 2.05) is 48.5 Å². The third-order valence-electron chi connectivity index (χ3n) is 26.1. The molecule has 0 amide bonds. The summed E-state index contributed by atoms with van der Waals surface area (Å²) in [6.45, 7) is 91.3. The van der Waals surface area contributed by atoms with Gasteiger partial charge >= 0.3 is 0 Å². The fraction of sp³-hybridized carbons (Fsp3) is 0.430. The molecule has 0 aliphatic heterocycles. The Morgan fingerprint density at radius 3 is 0.434 bits per heavy atom. The van der Waals surface area contributed by atoms with E-state index in [2.05, 4.69) is 314 Å². The van der Waals surface area contributed by atoms with Gasteiger partial charge in [-0.1, -0.05) is 0 Å². The van der Waals surface area contributed by atoms with Gasteiger partial charge in [-0.15, -0.1) is 0 Å². The summed E-state index contributed by atoms with van der Waals surface area (Å²) >= 11 is 0. The number of hydrogen-bond acceptors (Lipinski definition) is 13. The van der Waals surface area contributed by atoms with Gasteiger partial charge in [0.1, 0.15) is 29.1 Å². The highest BCUT2D eigenvalue weighted by atomic mass is 14.9. The molecule has 13 heteroatoms. The first-order valence-electron chi connectivity index (χ1n) is 40.1. The van der Waals surface area contributed by atoms with Crippen molar-refractivity contribution in [2.24, 2.45) is 0 Å². The molecule has 113 heavy (non-hydrogen) atoms. The molecule has 0 unspecified atom stereocenters. The van der Waals surface area contributed by atoms with Crippen LogP contribution in [0.15, 0.2) is 0 Å². The van der Waals surface area contributed by atoms with Crippen LogP contribution >= 0.6 is 0 Å². The molecule has 0 spiro atoms. The van der Waals surface area contributed by atoms with Gasteiger partial charge in [0.2, 0.25) is 0 Å². The van der Waals surface area contributed by atoms with Crippen molar-refractivity contribution in [3.05, 3.63) is 242 Å². The maximum atomic E-state index is 4.68. The van der Waals surface area contributed by atoms with Crippen LogP contribution in [0.5, 0.6) is 0 Å². The molecule has 0 aliphatic rings. The predicted octanol–water partition coefficient (Wildman–Crippen LogP) is 25.3. The van der Waals surface area contributed by atoms with Crippen molar-refractivity contribution in [1.29, 1.82) is 0 Å². The summed E-state index contributed by atoms with van der Waals surface area (Å²) in [5.74, 6) is 4.29. The van der Waals surface area contributed by atoms with E-state index in [0.29, 0.717) is 0 Å². The van der Waals surface area contributed by atoms with Gasteiger partial charge in [0.05, 0.1) is 50.0 Å². The van der Waals surface area contributed by atoms with Crippen LogP contribution in [0.4, 0.5) is 0 Å². The molecule has 0 N–H and O–H groups in total. The van der Waals surface area contributed by atoms with Crippen LogP contribution in [0.1, 0.15) is 242 Å². The Bertz CT molecular complexity index is 5570. The minimum Gasteiger partial charge on any atom is -0.258 e. The molecule has 0 fully saturated rings. The van der Waals surface area contributed by atoms with Crippen molar-refractivity contribution >= 4 is 76.3 Å². The second-order valence-corrected chi connectivity index (χ2v) is 32.6. The Labute approximate surface area is 676 Å². The Morgan fingerprint density at radius 1 is 0.0885 bits per heavy atom. The van der Waals surface area contributed by atoms with Gasteiger partial charge in [0.15, 0.2) is 0 Å². The first-order chi connectivity index (χ1) is 52.4. The Morgan fingerprint density at radius 2 is 0.239 bits per heavy atom. The van der Waals surface area contributed by atoms with Gasteiger partial charge in [-0.3, -0.25) is 4.98 Å². The van der Waals surface area contributed by atoms with Gasteiger partial charge in [-0.05, 0) is 464 Å². The summed E-state index contributed by atoms with van der Waals surface area (Å²) in [6.07, 6.45) is 0. The highest BCUT2D eigenvalue weighted by molar-refractivity contribution is 5.96. The zero-order valence-corrected chi connectivity index (χ0v) is 77.3. The zero-order chi connectivity index (χ0) is 85.1. The van der Waals surface area contributed by atoms with E-state index in [9.17, 15) is 0 Å². The molecular formula is C100H129N13. The predicted molar refractivity (Wildman–Crippen MR) is 483 cm³/mol. The largest absolute Gasteiger partial charge is 0.258 e. The second kappa shape index (κ2) is 34.4. The number of rotatable bonds is 0. The minimum absolute atomic E-state index is 0.857. The van der Waals surface area contributed by atoms with E-state index >= 15 is 0 Å². The second-order valence-electron chi connectivity index (χ2n) is 32.6. The molecule has 13 nitrogen and oxygen atoms in total. The maximum absolute atomic E-state index is 4.68. The summed E-state index contributed by atoms with van der Waals surface area (Å²) in [5.41, 5.74) is 56.2. The van der Waals surface area contributed by atoms with Crippen LogP contribution in [0.3, 0.4) is 0 Å². The number of hydrogen-bond donors (Lipinski definition) is 0. The summed E-state index contributed by atoms with van der Waals surface area (Å²) in [6, 6.07) is 0. The van der Waals surface area contributed by atoms with Crippen molar-refractivity contribution in [3.63, 3.8) is 0 Å². The van der Waals surface area contributed by atoms with Crippen molar-refractivity contribution in [1.82, 2.24) is 64.8 Å². The van der Waals surface area contributed by atoms with E-state index in [0.717, 1.165) is 119 Å². The maximum Gasteiger partial charge on any atom is 0.126 e. The molecule has 7 aromatic heterocycles. The van der Waals surface area contributed by atoms with Gasteiger partial charge in [0.25, 0.3) is 0 Å². The first kappa shape index (κ1) is 88.6. The minimum atomic E-state index is 0.857. The van der Waals surface area contributed by atoms with Crippen LogP contribution in [0.25, 0.3) is 76.3 Å². The van der Waals surface area contributed by atoms with E-state index in [4.69, 9.17) is 0 Å². The molecule has 594 valence electrons. The standard InChI is InChI=1S/C16H21N.6C14H18N2/c1-8-9(2)11(4)16-14(7)17-13(6)12(5)15(16)10(8)3;5*1-7-8(2)10(4)14-13(9(7)3)11(5)15-12(6)16-14;1-7-8(2)10(4)14-13(9(7)3)15-11(5)12(6)16-14/h1-7H3;6*1-6H3. The fourth-order valence-electron chi connectivity index (χ4n) is 16.7. The van der Waals surface area contributed by atoms with Gasteiger partial charge in [-0.25, -0.2) is 59.8 Å². The number of aryl methyl sites for hydroxylation is 29. The normalized spacial score (nSPS) is 11.1.